The summed E-state index contributed by atoms with van der Waals surface area (Å²) in [5, 5.41) is 2.47. The summed E-state index contributed by atoms with van der Waals surface area (Å²) < 4.78 is 2.41. The highest BCUT2D eigenvalue weighted by Crippen LogP contribution is 2.67. The summed E-state index contributed by atoms with van der Waals surface area (Å²) in [6, 6.07) is 75.3. The first-order chi connectivity index (χ1) is 32.5. The molecule has 1 atom stereocenters. The summed E-state index contributed by atoms with van der Waals surface area (Å²) >= 11 is 0. The van der Waals surface area contributed by atoms with Crippen molar-refractivity contribution in [3.05, 3.63) is 268 Å². The molecule has 66 heavy (non-hydrogen) atoms. The molecular weight excluding hydrogens is 799 g/mol. The normalized spacial score (nSPS) is 16.9. The average molecular weight is 840 g/mol. The summed E-state index contributed by atoms with van der Waals surface area (Å²) in [5.74, 6) is 0. The Morgan fingerprint density at radius 3 is 1.64 bits per heavy atom. The minimum atomic E-state index is -0.706. The monoisotopic (exact) mass is 839 g/mol. The second kappa shape index (κ2) is 12.6. The fraction of sp³-hybridized carbons (Fsp3) is 0.0794. The van der Waals surface area contributed by atoms with Crippen molar-refractivity contribution in [2.24, 2.45) is 0 Å². The number of fused-ring (bicyclic) bond motifs is 22. The van der Waals surface area contributed by atoms with Crippen LogP contribution in [-0.4, -0.2) is 14.5 Å². The first-order valence-corrected chi connectivity index (χ1v) is 23.1. The molecule has 3 nitrogen and oxygen atoms in total. The number of pyridine rings is 2. The largest absolute Gasteiger partial charge is 0.308 e. The third kappa shape index (κ3) is 4.21. The Bertz CT molecular complexity index is 3830. The van der Waals surface area contributed by atoms with Crippen molar-refractivity contribution < 1.29 is 0 Å². The molecule has 2 spiro atoms. The Labute approximate surface area is 383 Å². The molecule has 0 N–H and O–H groups in total. The zero-order valence-electron chi connectivity index (χ0n) is 36.5. The van der Waals surface area contributed by atoms with E-state index in [0.717, 1.165) is 17.1 Å². The molecule has 0 fully saturated rings. The Balaban J connectivity index is 1.09. The highest BCUT2D eigenvalue weighted by molar-refractivity contribution is 6.09. The molecule has 0 saturated carbocycles. The molecule has 4 aliphatic carbocycles. The van der Waals surface area contributed by atoms with Gasteiger partial charge < -0.3 is 4.57 Å². The van der Waals surface area contributed by atoms with Crippen LogP contribution < -0.4 is 0 Å². The number of rotatable bonds is 2. The van der Waals surface area contributed by atoms with Crippen molar-refractivity contribution in [1.29, 1.82) is 0 Å². The van der Waals surface area contributed by atoms with Gasteiger partial charge in [-0.15, -0.1) is 0 Å². The molecule has 4 aliphatic rings. The number of benzene rings is 8. The van der Waals surface area contributed by atoms with E-state index in [0.29, 0.717) is 0 Å². The van der Waals surface area contributed by atoms with Gasteiger partial charge in [-0.2, -0.15) is 0 Å². The van der Waals surface area contributed by atoms with Crippen LogP contribution in [0.5, 0.6) is 0 Å². The number of para-hydroxylation sites is 2. The molecule has 8 aromatic carbocycles. The van der Waals surface area contributed by atoms with Crippen LogP contribution in [-0.2, 0) is 16.2 Å². The van der Waals surface area contributed by atoms with Gasteiger partial charge in [-0.05, 0) is 120 Å². The summed E-state index contributed by atoms with van der Waals surface area (Å²) in [7, 11) is 0. The van der Waals surface area contributed by atoms with Gasteiger partial charge in [0.2, 0.25) is 0 Å². The second-order valence-corrected chi connectivity index (χ2v) is 19.2. The predicted molar refractivity (Wildman–Crippen MR) is 268 cm³/mol. The summed E-state index contributed by atoms with van der Waals surface area (Å²) in [5.41, 5.74) is 24.3. The highest BCUT2D eigenvalue weighted by atomic mass is 15.0. The molecular formula is C63H41N3. The summed E-state index contributed by atoms with van der Waals surface area (Å²) in [6.07, 6.45) is 4.00. The van der Waals surface area contributed by atoms with Crippen LogP contribution in [0.1, 0.15) is 69.5 Å². The van der Waals surface area contributed by atoms with E-state index in [2.05, 4.69) is 225 Å². The van der Waals surface area contributed by atoms with E-state index in [9.17, 15) is 0 Å². The van der Waals surface area contributed by atoms with Crippen molar-refractivity contribution in [3.63, 3.8) is 0 Å². The molecule has 0 amide bonds. The Morgan fingerprint density at radius 1 is 0.348 bits per heavy atom. The number of hydrogen-bond donors (Lipinski definition) is 0. The Hall–Kier alpha value is -8.14. The molecule has 11 aromatic rings. The second-order valence-electron chi connectivity index (χ2n) is 19.2. The van der Waals surface area contributed by atoms with Crippen molar-refractivity contribution >= 4 is 21.8 Å². The predicted octanol–water partition coefficient (Wildman–Crippen LogP) is 14.6. The zero-order chi connectivity index (χ0) is 43.5. The highest BCUT2D eigenvalue weighted by Gasteiger charge is 2.58. The maximum Gasteiger partial charge on any atom is 0.0939 e. The van der Waals surface area contributed by atoms with Crippen molar-refractivity contribution in [2.45, 2.75) is 30.1 Å². The van der Waals surface area contributed by atoms with Gasteiger partial charge in [0.15, 0.2) is 0 Å². The van der Waals surface area contributed by atoms with Crippen LogP contribution >= 0.6 is 0 Å². The standard InChI is InChI=1S/C63H41N3/c1-61(2)49-25-12-13-26-50(49)63(51-27-16-32-64-59(51)60-56(63)34-40(37-65-60)66-57-28-14-8-21-44(57)45-22-9-15-29-58(45)66)55-35-46-43-31-30-39(38-17-4-3-5-18-38)33-52(43)62(53(46)36-54(55)61)47-23-10-6-19-41(47)42-20-7-11-24-48(42)62/h3-37H,1-2H3. The average Bonchev–Trinajstić information content (AvgIpc) is 4.06. The fourth-order valence-corrected chi connectivity index (χ4v) is 13.3. The molecule has 308 valence electrons. The lowest BCUT2D eigenvalue weighted by molar-refractivity contribution is 0.561. The maximum atomic E-state index is 5.47. The van der Waals surface area contributed by atoms with Crippen LogP contribution in [0.15, 0.2) is 213 Å². The quantitative estimate of drug-likeness (QED) is 0.174. The van der Waals surface area contributed by atoms with E-state index in [1.165, 1.54) is 111 Å². The maximum absolute atomic E-state index is 5.47. The van der Waals surface area contributed by atoms with Crippen molar-refractivity contribution in [1.82, 2.24) is 14.5 Å². The van der Waals surface area contributed by atoms with Crippen molar-refractivity contribution in [3.8, 4) is 50.5 Å². The van der Waals surface area contributed by atoms with E-state index >= 15 is 0 Å². The van der Waals surface area contributed by atoms with Gasteiger partial charge in [-0.3, -0.25) is 9.97 Å². The van der Waals surface area contributed by atoms with Crippen LogP contribution in [0.2, 0.25) is 0 Å². The Morgan fingerprint density at radius 2 is 0.909 bits per heavy atom. The van der Waals surface area contributed by atoms with E-state index in [4.69, 9.17) is 9.97 Å². The third-order valence-corrected chi connectivity index (χ3v) is 16.0. The summed E-state index contributed by atoms with van der Waals surface area (Å²) in [4.78, 5) is 10.7. The minimum absolute atomic E-state index is 0.349. The fourth-order valence-electron chi connectivity index (χ4n) is 13.3. The first kappa shape index (κ1) is 36.2. The third-order valence-electron chi connectivity index (χ3n) is 16.0. The Kier molecular flexibility index (Phi) is 6.89. The smallest absolute Gasteiger partial charge is 0.0939 e. The van der Waals surface area contributed by atoms with E-state index < -0.39 is 10.8 Å². The van der Waals surface area contributed by atoms with Gasteiger partial charge in [0, 0.05) is 27.9 Å². The lowest BCUT2D eigenvalue weighted by Gasteiger charge is -2.47. The molecule has 0 aliphatic heterocycles. The summed E-state index contributed by atoms with van der Waals surface area (Å²) in [6.45, 7) is 4.88. The minimum Gasteiger partial charge on any atom is -0.308 e. The van der Waals surface area contributed by atoms with E-state index in [1.54, 1.807) is 0 Å². The van der Waals surface area contributed by atoms with Gasteiger partial charge in [0.05, 0.1) is 45.1 Å². The molecule has 3 aromatic heterocycles. The van der Waals surface area contributed by atoms with Gasteiger partial charge in [-0.25, -0.2) is 0 Å². The number of nitrogens with zero attached hydrogens (tertiary/aromatic N) is 3. The van der Waals surface area contributed by atoms with Crippen LogP contribution in [0.25, 0.3) is 72.3 Å². The molecule has 3 heterocycles. The molecule has 15 rings (SSSR count). The van der Waals surface area contributed by atoms with Gasteiger partial charge in [0.1, 0.15) is 0 Å². The van der Waals surface area contributed by atoms with Gasteiger partial charge >= 0.3 is 0 Å². The zero-order valence-corrected chi connectivity index (χ0v) is 36.5. The van der Waals surface area contributed by atoms with Crippen LogP contribution in [0.4, 0.5) is 0 Å². The molecule has 1 unspecified atom stereocenters. The van der Waals surface area contributed by atoms with Crippen LogP contribution in [0, 0.1) is 0 Å². The van der Waals surface area contributed by atoms with Gasteiger partial charge in [-0.1, -0.05) is 178 Å². The molecule has 0 radical (unpaired) electrons. The van der Waals surface area contributed by atoms with E-state index in [1.807, 2.05) is 6.20 Å². The van der Waals surface area contributed by atoms with Crippen molar-refractivity contribution in [2.75, 3.05) is 0 Å². The molecule has 3 heteroatoms. The lowest BCUT2D eigenvalue weighted by Crippen LogP contribution is -2.41. The molecule has 0 saturated heterocycles. The first-order valence-electron chi connectivity index (χ1n) is 23.1. The van der Waals surface area contributed by atoms with Gasteiger partial charge in [0.25, 0.3) is 0 Å². The van der Waals surface area contributed by atoms with Crippen LogP contribution in [0.3, 0.4) is 0 Å². The van der Waals surface area contributed by atoms with E-state index in [-0.39, 0.29) is 5.41 Å². The topological polar surface area (TPSA) is 30.7 Å². The molecule has 0 bridgehead atoms. The number of hydrogen-bond acceptors (Lipinski definition) is 2. The lowest BCUT2D eigenvalue weighted by atomic mass is 9.55. The SMILES string of the molecule is CC1(C)c2ccccc2C2(c3cc4c(cc31)C1(c3ccccc3-c3ccccc31)c1cc(-c3ccccc3)ccc1-4)c1cccnc1-c1ncc(-n3c4ccccc4c4ccccc43)cc12. The number of aromatic nitrogens is 3.